The molecule has 5 nitrogen and oxygen atoms in total. The third-order valence-corrected chi connectivity index (χ3v) is 6.06. The molecular weight excluding hydrogens is 389 g/mol. The van der Waals surface area contributed by atoms with Crippen LogP contribution in [0, 0.1) is 0 Å². The van der Waals surface area contributed by atoms with Gasteiger partial charge in [-0.25, -0.2) is 4.98 Å². The number of aromatic amines is 1. The summed E-state index contributed by atoms with van der Waals surface area (Å²) in [6.45, 7) is 5.44. The number of carbonyl (C=O) groups is 1. The zero-order valence-electron chi connectivity index (χ0n) is 15.7. The van der Waals surface area contributed by atoms with Gasteiger partial charge in [-0.1, -0.05) is 6.07 Å². The van der Waals surface area contributed by atoms with Crippen LogP contribution in [0.25, 0.3) is 0 Å². The van der Waals surface area contributed by atoms with Crippen molar-refractivity contribution in [2.45, 2.75) is 25.6 Å². The smallest absolute Gasteiger partial charge is 0.351 e. The number of alkyl halides is 3. The molecule has 9 heteroatoms. The van der Waals surface area contributed by atoms with E-state index in [9.17, 15) is 18.0 Å². The van der Waals surface area contributed by atoms with E-state index in [1.807, 2.05) is 23.3 Å². The van der Waals surface area contributed by atoms with Gasteiger partial charge in [-0.3, -0.25) is 9.69 Å². The zero-order chi connectivity index (χ0) is 20.1. The summed E-state index contributed by atoms with van der Waals surface area (Å²) in [7, 11) is 0. The van der Waals surface area contributed by atoms with Crippen LogP contribution in [0.5, 0.6) is 0 Å². The molecule has 28 heavy (non-hydrogen) atoms. The molecule has 0 spiro atoms. The lowest BCUT2D eigenvalue weighted by molar-refractivity contribution is -0.914. The maximum absolute atomic E-state index is 12.7. The van der Waals surface area contributed by atoms with Crippen LogP contribution < -0.4 is 20.1 Å². The van der Waals surface area contributed by atoms with Crippen LogP contribution >= 0.6 is 11.3 Å². The highest BCUT2D eigenvalue weighted by molar-refractivity contribution is 7.09. The van der Waals surface area contributed by atoms with Gasteiger partial charge in [0.05, 0.1) is 5.56 Å². The number of aromatic nitrogens is 1. The number of piperazine rings is 1. The number of rotatable bonds is 6. The number of pyridine rings is 1. The summed E-state index contributed by atoms with van der Waals surface area (Å²) < 4.78 is 38.0. The molecule has 1 fully saturated rings. The van der Waals surface area contributed by atoms with Gasteiger partial charge in [-0.15, -0.1) is 11.3 Å². The number of H-pyrrole nitrogens is 1. The molecule has 1 aliphatic heterocycles. The third-order valence-electron chi connectivity index (χ3n) is 5.13. The summed E-state index contributed by atoms with van der Waals surface area (Å²) >= 11 is 1.68. The summed E-state index contributed by atoms with van der Waals surface area (Å²) in [6.07, 6.45) is -2.51. The molecule has 0 radical (unpaired) electrons. The number of hydrogen-bond donors (Lipinski definition) is 2. The second-order valence-electron chi connectivity index (χ2n) is 6.95. The van der Waals surface area contributed by atoms with E-state index >= 15 is 0 Å². The van der Waals surface area contributed by atoms with E-state index in [1.54, 1.807) is 11.3 Å². The number of thiophene rings is 1. The Balaban J connectivity index is 1.45. The Morgan fingerprint density at radius 1 is 1.32 bits per heavy atom. The van der Waals surface area contributed by atoms with Crippen molar-refractivity contribution < 1.29 is 27.8 Å². The first-order valence-electron chi connectivity index (χ1n) is 9.33. The Hall–Kier alpha value is -2.13. The number of carbonyl (C=O) groups excluding carboxylic acids is 1. The van der Waals surface area contributed by atoms with Gasteiger partial charge >= 0.3 is 6.18 Å². The van der Waals surface area contributed by atoms with E-state index in [4.69, 9.17) is 0 Å². The molecule has 3 heterocycles. The molecule has 1 saturated heterocycles. The summed E-state index contributed by atoms with van der Waals surface area (Å²) in [5, 5.41) is 5.03. The largest absolute Gasteiger partial charge is 0.419 e. The first-order chi connectivity index (χ1) is 13.3. The van der Waals surface area contributed by atoms with Crippen molar-refractivity contribution in [2.24, 2.45) is 0 Å². The number of nitrogens with one attached hydrogen (secondary N) is 3. The Bertz CT molecular complexity index is 756. The molecule has 3 rings (SSSR count). The molecule has 0 aromatic carbocycles. The molecule has 152 valence electrons. The third kappa shape index (κ3) is 5.23. The molecule has 1 atom stereocenters. The molecule has 1 aliphatic rings. The second kappa shape index (κ2) is 8.91. The van der Waals surface area contributed by atoms with Crippen LogP contribution in [0.1, 0.15) is 17.4 Å². The maximum Gasteiger partial charge on any atom is 0.419 e. The molecule has 0 bridgehead atoms. The normalized spacial score (nSPS) is 16.8. The van der Waals surface area contributed by atoms with Crippen molar-refractivity contribution >= 4 is 23.1 Å². The van der Waals surface area contributed by atoms with Crippen LogP contribution in [0.15, 0.2) is 35.8 Å². The molecule has 3 N–H and O–H groups in total. The average molecular weight is 414 g/mol. The minimum Gasteiger partial charge on any atom is -0.351 e. The molecule has 2 aromatic rings. The first-order valence-corrected chi connectivity index (χ1v) is 10.2. The Morgan fingerprint density at radius 2 is 2.07 bits per heavy atom. The van der Waals surface area contributed by atoms with E-state index in [1.165, 1.54) is 15.8 Å². The number of hydrogen-bond acceptors (Lipinski definition) is 3. The fraction of sp³-hybridized carbons (Fsp3) is 0.474. The van der Waals surface area contributed by atoms with Gasteiger partial charge < -0.3 is 10.2 Å². The SMILES string of the molecule is C[C@H](C(=O)NCCc1cccs1)[NH+]1CCN(c2ccc(C(F)(F)F)c[nH+]2)CC1. The highest BCUT2D eigenvalue weighted by Crippen LogP contribution is 2.28. The first kappa shape index (κ1) is 20.6. The Kier molecular flexibility index (Phi) is 6.56. The quantitative estimate of drug-likeness (QED) is 0.742. The van der Waals surface area contributed by atoms with Gasteiger partial charge in [0, 0.05) is 17.5 Å². The Labute approximate surface area is 166 Å². The highest BCUT2D eigenvalue weighted by Gasteiger charge is 2.34. The van der Waals surface area contributed by atoms with Gasteiger partial charge in [0.1, 0.15) is 32.4 Å². The topological polar surface area (TPSA) is 50.9 Å². The average Bonchev–Trinajstić information content (AvgIpc) is 3.20. The van der Waals surface area contributed by atoms with Crippen molar-refractivity contribution in [3.05, 3.63) is 46.3 Å². The standard InChI is InChI=1S/C19H23F3N4OS/c1-14(18(27)23-7-6-16-3-2-12-28-16)25-8-10-26(11-9-25)17-5-4-15(13-24-17)19(20,21)22/h2-5,12-14H,6-11H2,1H3,(H,23,27)/p+2/t14-/m1/s1. The van der Waals surface area contributed by atoms with E-state index in [2.05, 4.69) is 16.4 Å². The molecule has 0 aliphatic carbocycles. The second-order valence-corrected chi connectivity index (χ2v) is 7.98. The maximum atomic E-state index is 12.7. The summed E-state index contributed by atoms with van der Waals surface area (Å²) in [6, 6.07) is 6.47. The van der Waals surface area contributed by atoms with E-state index in [0.29, 0.717) is 25.5 Å². The van der Waals surface area contributed by atoms with Crippen molar-refractivity contribution in [1.29, 1.82) is 0 Å². The van der Waals surface area contributed by atoms with Crippen molar-refractivity contribution in [2.75, 3.05) is 37.6 Å². The van der Waals surface area contributed by atoms with Crippen molar-refractivity contribution in [3.63, 3.8) is 0 Å². The van der Waals surface area contributed by atoms with Crippen LogP contribution in [-0.2, 0) is 17.4 Å². The van der Waals surface area contributed by atoms with Crippen LogP contribution in [0.2, 0.25) is 0 Å². The van der Waals surface area contributed by atoms with E-state index in [0.717, 1.165) is 31.8 Å². The molecule has 0 saturated carbocycles. The lowest BCUT2D eigenvalue weighted by Crippen LogP contribution is -3.19. The molecule has 0 unspecified atom stereocenters. The zero-order valence-corrected chi connectivity index (χ0v) is 16.5. The summed E-state index contributed by atoms with van der Waals surface area (Å²) in [5.74, 6) is 0.709. The number of amides is 1. The van der Waals surface area contributed by atoms with Gasteiger partial charge in [0.15, 0.2) is 6.04 Å². The van der Waals surface area contributed by atoms with Crippen molar-refractivity contribution in [1.82, 2.24) is 5.32 Å². The van der Waals surface area contributed by atoms with Gasteiger partial charge in [0.2, 0.25) is 0 Å². The molecular formula is C19H25F3N4OS+2. The number of halogens is 3. The minimum absolute atomic E-state index is 0.0427. The highest BCUT2D eigenvalue weighted by atomic mass is 32.1. The Morgan fingerprint density at radius 3 is 2.64 bits per heavy atom. The van der Waals surface area contributed by atoms with Crippen molar-refractivity contribution in [3.8, 4) is 0 Å². The van der Waals surface area contributed by atoms with Gasteiger partial charge in [0.25, 0.3) is 11.7 Å². The fourth-order valence-corrected chi connectivity index (χ4v) is 4.07. The van der Waals surface area contributed by atoms with Crippen LogP contribution in [0.3, 0.4) is 0 Å². The fourth-order valence-electron chi connectivity index (χ4n) is 3.36. The molecule has 2 aromatic heterocycles. The minimum atomic E-state index is -4.34. The predicted octanol–water partition coefficient (Wildman–Crippen LogP) is 1.03. The number of quaternary nitrogens is 1. The van der Waals surface area contributed by atoms with Gasteiger partial charge in [-0.05, 0) is 30.9 Å². The predicted molar refractivity (Wildman–Crippen MR) is 101 cm³/mol. The summed E-state index contributed by atoms with van der Waals surface area (Å²) in [5.41, 5.74) is -0.687. The van der Waals surface area contributed by atoms with Crippen LogP contribution in [0.4, 0.5) is 19.0 Å². The van der Waals surface area contributed by atoms with E-state index in [-0.39, 0.29) is 11.9 Å². The number of anilines is 1. The lowest BCUT2D eigenvalue weighted by Gasteiger charge is -2.31. The monoisotopic (exact) mass is 414 g/mol. The van der Waals surface area contributed by atoms with E-state index < -0.39 is 11.7 Å². The van der Waals surface area contributed by atoms with Crippen LogP contribution in [-0.4, -0.2) is 44.7 Å². The van der Waals surface area contributed by atoms with Gasteiger partial charge in [-0.2, -0.15) is 13.2 Å². The molecule has 1 amide bonds. The lowest BCUT2D eigenvalue weighted by atomic mass is 10.2. The number of nitrogens with zero attached hydrogens (tertiary/aromatic N) is 1. The summed E-state index contributed by atoms with van der Waals surface area (Å²) in [4.78, 5) is 19.6.